The molecule has 1 amide bonds. The average molecular weight is 720 g/mol. The van der Waals surface area contributed by atoms with E-state index in [9.17, 15) is 10.1 Å². The predicted molar refractivity (Wildman–Crippen MR) is 183 cm³/mol. The Hall–Kier alpha value is -5.05. The lowest BCUT2D eigenvalue weighted by Gasteiger charge is -2.26. The van der Waals surface area contributed by atoms with Crippen molar-refractivity contribution in [2.75, 3.05) is 24.2 Å². The van der Waals surface area contributed by atoms with Gasteiger partial charge in [0.15, 0.2) is 17.5 Å². The Morgan fingerprint density at radius 2 is 2.00 bits per heavy atom. The summed E-state index contributed by atoms with van der Waals surface area (Å²) in [5.74, 6) is -0.513. The molecule has 1 aromatic carbocycles. The van der Waals surface area contributed by atoms with Crippen LogP contribution < -0.4 is 15.4 Å². The molecule has 2 aliphatic heterocycles. The van der Waals surface area contributed by atoms with Crippen LogP contribution in [0.25, 0.3) is 32.2 Å². The Labute approximate surface area is 295 Å². The Morgan fingerprint density at radius 3 is 2.69 bits per heavy atom. The first kappa shape index (κ1) is 34.4. The number of halogens is 2. The molecule has 1 fully saturated rings. The second kappa shape index (κ2) is 13.2. The molecule has 1 saturated heterocycles. The zero-order valence-electron chi connectivity index (χ0n) is 28.8. The van der Waals surface area contributed by atoms with Crippen LogP contribution >= 0.6 is 11.3 Å². The number of thiophene rings is 1. The summed E-state index contributed by atoms with van der Waals surface area (Å²) in [5, 5.41) is 20.4. The number of nitrogens with one attached hydrogen (secondary N) is 2. The molecule has 2 N–H and O–H groups in total. The van der Waals surface area contributed by atoms with E-state index in [1.807, 2.05) is 14.0 Å². The molecule has 0 aliphatic carbocycles. The van der Waals surface area contributed by atoms with Gasteiger partial charge in [0.25, 0.3) is 0 Å². The van der Waals surface area contributed by atoms with Crippen molar-refractivity contribution in [3.8, 4) is 23.3 Å². The number of carbonyl (C=O) groups is 1. The number of pyridine rings is 1. The van der Waals surface area contributed by atoms with Gasteiger partial charge in [-0.25, -0.2) is 13.6 Å². The van der Waals surface area contributed by atoms with E-state index in [0.717, 1.165) is 36.9 Å². The molecule has 6 heterocycles. The van der Waals surface area contributed by atoms with Crippen molar-refractivity contribution >= 4 is 49.2 Å². The van der Waals surface area contributed by atoms with Crippen molar-refractivity contribution in [2.24, 2.45) is 0 Å². The SMILES string of the molecule is Cc1nc(CNc2nc(O[C@@H](C)[C@@H]3CCCN3C)nc3c(F)c(-c4ncc(F)c5sc(NC(=O)OC(C)(C)C)c(C#N)c45)c4c(c23)COC4)no1. The number of anilines is 2. The van der Waals surface area contributed by atoms with Crippen molar-refractivity contribution in [3.05, 3.63) is 46.2 Å². The van der Waals surface area contributed by atoms with Crippen molar-refractivity contribution < 1.29 is 32.3 Å². The molecule has 2 atom stereocenters. The summed E-state index contributed by atoms with van der Waals surface area (Å²) >= 11 is 0.829. The molecule has 0 bridgehead atoms. The summed E-state index contributed by atoms with van der Waals surface area (Å²) in [6.45, 7) is 9.80. The molecule has 17 heteroatoms. The highest BCUT2D eigenvalue weighted by atomic mass is 32.1. The highest BCUT2D eigenvalue weighted by Gasteiger charge is 2.33. The molecular formula is C34H35F2N9O5S. The smallest absolute Gasteiger partial charge is 0.412 e. The van der Waals surface area contributed by atoms with Crippen LogP contribution in [0.4, 0.5) is 24.4 Å². The quantitative estimate of drug-likeness (QED) is 0.176. The van der Waals surface area contributed by atoms with Crippen LogP contribution in [0.15, 0.2) is 10.7 Å². The predicted octanol–water partition coefficient (Wildman–Crippen LogP) is 6.60. The van der Waals surface area contributed by atoms with E-state index in [2.05, 4.69) is 41.7 Å². The minimum Gasteiger partial charge on any atom is -0.459 e. The van der Waals surface area contributed by atoms with Gasteiger partial charge in [-0.1, -0.05) is 5.16 Å². The number of likely N-dealkylation sites (tertiary alicyclic amines) is 1. The minimum absolute atomic E-state index is 0.000106. The minimum atomic E-state index is -0.829. The molecule has 0 spiro atoms. The molecule has 266 valence electrons. The Bertz CT molecular complexity index is 2230. The number of carbonyl (C=O) groups excluding carboxylic acids is 1. The lowest BCUT2D eigenvalue weighted by Crippen LogP contribution is -2.38. The summed E-state index contributed by atoms with van der Waals surface area (Å²) in [6, 6.07) is 2.11. The first-order valence-electron chi connectivity index (χ1n) is 16.4. The largest absolute Gasteiger partial charge is 0.459 e. The molecule has 2 aliphatic rings. The average Bonchev–Trinajstić information content (AvgIpc) is 3.87. The molecule has 0 unspecified atom stereocenters. The topological polar surface area (TPSA) is 173 Å². The summed E-state index contributed by atoms with van der Waals surface area (Å²) in [7, 11) is 2.03. The summed E-state index contributed by atoms with van der Waals surface area (Å²) in [6.07, 6.45) is 1.77. The van der Waals surface area contributed by atoms with E-state index in [1.165, 1.54) is 0 Å². The van der Waals surface area contributed by atoms with Crippen LogP contribution in [0.2, 0.25) is 0 Å². The Kier molecular flexibility index (Phi) is 8.94. The molecule has 4 aromatic heterocycles. The molecule has 7 rings (SSSR count). The van der Waals surface area contributed by atoms with E-state index in [4.69, 9.17) is 23.7 Å². The molecule has 0 radical (unpaired) electrons. The fourth-order valence-corrected chi connectivity index (χ4v) is 7.68. The van der Waals surface area contributed by atoms with Gasteiger partial charge in [-0.05, 0) is 65.3 Å². The van der Waals surface area contributed by atoms with Crippen LogP contribution in [-0.4, -0.2) is 67.4 Å². The first-order valence-corrected chi connectivity index (χ1v) is 17.2. The number of hydrogen-bond donors (Lipinski definition) is 2. The van der Waals surface area contributed by atoms with E-state index in [1.54, 1.807) is 27.7 Å². The maximum absolute atomic E-state index is 17.3. The van der Waals surface area contributed by atoms with Gasteiger partial charge in [0.2, 0.25) is 5.89 Å². The summed E-state index contributed by atoms with van der Waals surface area (Å²) in [4.78, 5) is 32.8. The van der Waals surface area contributed by atoms with Gasteiger partial charge < -0.3 is 24.1 Å². The molecule has 0 saturated carbocycles. The van der Waals surface area contributed by atoms with Crippen LogP contribution in [0.3, 0.4) is 0 Å². The number of aryl methyl sites for hydroxylation is 1. The van der Waals surface area contributed by atoms with Gasteiger partial charge >= 0.3 is 12.1 Å². The van der Waals surface area contributed by atoms with Gasteiger partial charge in [-0.2, -0.15) is 20.2 Å². The van der Waals surface area contributed by atoms with E-state index in [-0.39, 0.29) is 81.2 Å². The van der Waals surface area contributed by atoms with Gasteiger partial charge in [0.05, 0.1) is 47.3 Å². The fraction of sp³-hybridized carbons (Fsp3) is 0.441. The monoisotopic (exact) mass is 719 g/mol. The number of fused-ring (bicyclic) bond motifs is 4. The summed E-state index contributed by atoms with van der Waals surface area (Å²) < 4.78 is 55.3. The first-order chi connectivity index (χ1) is 24.3. The third-order valence-electron chi connectivity index (χ3n) is 8.80. The zero-order chi connectivity index (χ0) is 36.2. The van der Waals surface area contributed by atoms with E-state index >= 15 is 8.78 Å². The molecule has 5 aromatic rings. The number of rotatable bonds is 8. The van der Waals surface area contributed by atoms with Crippen molar-refractivity contribution in [1.82, 2.24) is 30.0 Å². The normalized spacial score (nSPS) is 16.7. The third kappa shape index (κ3) is 6.50. The van der Waals surface area contributed by atoms with Gasteiger partial charge in [-0.15, -0.1) is 11.3 Å². The lowest BCUT2D eigenvalue weighted by molar-refractivity contribution is 0.0636. The number of hydrogen-bond acceptors (Lipinski definition) is 14. The number of nitrogens with zero attached hydrogens (tertiary/aromatic N) is 7. The molecule has 51 heavy (non-hydrogen) atoms. The maximum Gasteiger partial charge on any atom is 0.412 e. The zero-order valence-corrected chi connectivity index (χ0v) is 29.6. The van der Waals surface area contributed by atoms with E-state index < -0.39 is 23.3 Å². The lowest BCUT2D eigenvalue weighted by atomic mass is 9.93. The third-order valence-corrected chi connectivity index (χ3v) is 9.92. The number of nitriles is 1. The van der Waals surface area contributed by atoms with Gasteiger partial charge in [0.1, 0.15) is 34.1 Å². The van der Waals surface area contributed by atoms with Crippen LogP contribution in [0.1, 0.15) is 68.9 Å². The Balaban J connectivity index is 1.41. The number of aromatic nitrogens is 5. The standard InChI is InChI=1S/C34H35F2N9O5S/c1-15(21-8-7-9-45(21)6)48-32-41-28-25(30(42-32)39-12-22-40-16(2)50-44-22)19-14-47-13-18(19)23(26(28)36)27-24-17(10-37)31(43-33(46)49-34(3,4)5)51-29(24)20(35)11-38-27/h11,15,21H,7-9,12-14H2,1-6H3,(H,43,46)(H,39,41,42)/t15-,21-/m0/s1. The molecular weight excluding hydrogens is 684 g/mol. The molecule has 14 nitrogen and oxygen atoms in total. The summed E-state index contributed by atoms with van der Waals surface area (Å²) in [5.41, 5.74) is 0.0141. The van der Waals surface area contributed by atoms with Crippen LogP contribution in [-0.2, 0) is 29.2 Å². The van der Waals surface area contributed by atoms with Crippen molar-refractivity contribution in [2.45, 2.75) is 85.0 Å². The van der Waals surface area contributed by atoms with Crippen LogP contribution in [0, 0.1) is 29.9 Å². The second-order valence-corrected chi connectivity index (χ2v) is 14.5. The Morgan fingerprint density at radius 1 is 1.22 bits per heavy atom. The number of likely N-dealkylation sites (N-methyl/N-ethyl adjacent to an activating group) is 1. The highest BCUT2D eigenvalue weighted by Crippen LogP contribution is 2.47. The van der Waals surface area contributed by atoms with Gasteiger partial charge in [0, 0.05) is 23.9 Å². The number of benzene rings is 1. The maximum atomic E-state index is 17.3. The van der Waals surface area contributed by atoms with Crippen LogP contribution in [0.5, 0.6) is 6.01 Å². The van der Waals surface area contributed by atoms with Crippen molar-refractivity contribution in [1.29, 1.82) is 5.26 Å². The number of ether oxygens (including phenoxy) is 3. The number of amides is 1. The highest BCUT2D eigenvalue weighted by molar-refractivity contribution is 7.23. The van der Waals surface area contributed by atoms with Crippen molar-refractivity contribution in [3.63, 3.8) is 0 Å². The second-order valence-electron chi connectivity index (χ2n) is 13.5. The van der Waals surface area contributed by atoms with E-state index in [0.29, 0.717) is 28.2 Å². The fourth-order valence-electron chi connectivity index (χ4n) is 6.64. The van der Waals surface area contributed by atoms with Gasteiger partial charge in [-0.3, -0.25) is 15.2 Å².